The maximum absolute atomic E-state index is 12.5. The highest BCUT2D eigenvalue weighted by molar-refractivity contribution is 6.05. The van der Waals surface area contributed by atoms with Crippen molar-refractivity contribution in [2.45, 2.75) is 26.2 Å². The largest absolute Gasteiger partial charge is 0.322 e. The monoisotopic (exact) mass is 296 g/mol. The highest BCUT2D eigenvalue weighted by atomic mass is 16.1. The summed E-state index contributed by atoms with van der Waals surface area (Å²) in [5.74, 6) is 0.441. The van der Waals surface area contributed by atoms with Crippen molar-refractivity contribution in [3.05, 3.63) is 65.2 Å². The second-order valence-electron chi connectivity index (χ2n) is 5.74. The summed E-state index contributed by atoms with van der Waals surface area (Å²) in [5, 5.41) is 6.10. The Balaban J connectivity index is 2.11. The van der Waals surface area contributed by atoms with E-state index in [0.717, 1.165) is 29.8 Å². The molecule has 0 spiro atoms. The van der Waals surface area contributed by atoms with Crippen molar-refractivity contribution in [1.82, 2.24) is 5.32 Å². The maximum Gasteiger partial charge on any atom is 0.255 e. The highest BCUT2D eigenvalue weighted by Crippen LogP contribution is 2.18. The molecule has 0 fully saturated rings. The lowest BCUT2D eigenvalue weighted by molar-refractivity contribution is 0.102. The topological polar surface area (TPSA) is 41.1 Å². The Hall–Kier alpha value is -2.13. The zero-order chi connectivity index (χ0) is 15.9. The summed E-state index contributed by atoms with van der Waals surface area (Å²) in [5.41, 5.74) is 3.91. The molecular formula is C19H24N2O. The molecule has 22 heavy (non-hydrogen) atoms. The van der Waals surface area contributed by atoms with Gasteiger partial charge in [0.1, 0.15) is 0 Å². The van der Waals surface area contributed by atoms with Crippen LogP contribution in [-0.2, 0) is 6.42 Å². The average molecular weight is 296 g/mol. The van der Waals surface area contributed by atoms with Gasteiger partial charge in [-0.2, -0.15) is 0 Å². The molecule has 1 amide bonds. The van der Waals surface area contributed by atoms with E-state index in [1.807, 2.05) is 43.4 Å². The molecule has 116 valence electrons. The summed E-state index contributed by atoms with van der Waals surface area (Å²) in [6.45, 7) is 5.17. The van der Waals surface area contributed by atoms with Gasteiger partial charge in [-0.1, -0.05) is 44.2 Å². The Labute approximate surface area is 132 Å². The molecule has 0 unspecified atom stereocenters. The normalized spacial score (nSPS) is 10.7. The molecule has 2 rings (SSSR count). The number of carbonyl (C=O) groups excluding carboxylic acids is 1. The molecule has 2 aromatic carbocycles. The minimum absolute atomic E-state index is 0.0519. The van der Waals surface area contributed by atoms with Crippen molar-refractivity contribution in [3.8, 4) is 0 Å². The van der Waals surface area contributed by atoms with Gasteiger partial charge in [0.15, 0.2) is 0 Å². The van der Waals surface area contributed by atoms with Gasteiger partial charge in [-0.3, -0.25) is 4.79 Å². The van der Waals surface area contributed by atoms with Gasteiger partial charge in [0, 0.05) is 11.3 Å². The number of nitrogens with one attached hydrogen (secondary N) is 2. The molecule has 0 aliphatic rings. The average Bonchev–Trinajstić information content (AvgIpc) is 2.53. The van der Waals surface area contributed by atoms with Crippen molar-refractivity contribution in [2.24, 2.45) is 0 Å². The van der Waals surface area contributed by atoms with E-state index in [9.17, 15) is 4.79 Å². The first-order chi connectivity index (χ1) is 10.6. The third kappa shape index (κ3) is 4.18. The van der Waals surface area contributed by atoms with E-state index < -0.39 is 0 Å². The van der Waals surface area contributed by atoms with Crippen LogP contribution in [0.5, 0.6) is 0 Å². The van der Waals surface area contributed by atoms with Crippen LogP contribution in [0.3, 0.4) is 0 Å². The number of likely N-dealkylation sites (N-methyl/N-ethyl adjacent to an activating group) is 1. The van der Waals surface area contributed by atoms with Gasteiger partial charge in [-0.25, -0.2) is 0 Å². The minimum atomic E-state index is -0.0519. The highest BCUT2D eigenvalue weighted by Gasteiger charge is 2.11. The number of anilines is 1. The summed E-state index contributed by atoms with van der Waals surface area (Å²) in [6.07, 6.45) is 0.840. The van der Waals surface area contributed by atoms with E-state index in [1.54, 1.807) is 0 Å². The Kier molecular flexibility index (Phi) is 5.73. The molecule has 2 aromatic rings. The van der Waals surface area contributed by atoms with Crippen molar-refractivity contribution in [3.63, 3.8) is 0 Å². The van der Waals surface area contributed by atoms with Gasteiger partial charge < -0.3 is 10.6 Å². The Bertz CT molecular complexity index is 618. The molecule has 3 heteroatoms. The summed E-state index contributed by atoms with van der Waals surface area (Å²) in [4.78, 5) is 12.5. The van der Waals surface area contributed by atoms with Crippen molar-refractivity contribution < 1.29 is 4.79 Å². The van der Waals surface area contributed by atoms with Gasteiger partial charge in [-0.05, 0) is 55.3 Å². The van der Waals surface area contributed by atoms with Crippen molar-refractivity contribution in [2.75, 3.05) is 18.9 Å². The van der Waals surface area contributed by atoms with E-state index >= 15 is 0 Å². The molecule has 0 atom stereocenters. The summed E-state index contributed by atoms with van der Waals surface area (Å²) < 4.78 is 0. The molecule has 3 nitrogen and oxygen atoms in total. The van der Waals surface area contributed by atoms with Crippen LogP contribution in [-0.4, -0.2) is 19.5 Å². The molecule has 0 aliphatic heterocycles. The van der Waals surface area contributed by atoms with Crippen LogP contribution in [0.4, 0.5) is 5.69 Å². The third-order valence-electron chi connectivity index (χ3n) is 3.74. The number of carbonyl (C=O) groups is 1. The number of amides is 1. The molecule has 0 bridgehead atoms. The Morgan fingerprint density at radius 1 is 1.05 bits per heavy atom. The van der Waals surface area contributed by atoms with Crippen LogP contribution >= 0.6 is 0 Å². The maximum atomic E-state index is 12.5. The quantitative estimate of drug-likeness (QED) is 0.850. The number of benzene rings is 2. The second-order valence-corrected chi connectivity index (χ2v) is 5.74. The van der Waals surface area contributed by atoms with Crippen LogP contribution in [0.1, 0.15) is 41.3 Å². The number of rotatable bonds is 6. The van der Waals surface area contributed by atoms with E-state index in [0.29, 0.717) is 5.92 Å². The molecule has 0 radical (unpaired) electrons. The van der Waals surface area contributed by atoms with E-state index in [1.165, 1.54) is 5.56 Å². The number of hydrogen-bond acceptors (Lipinski definition) is 2. The minimum Gasteiger partial charge on any atom is -0.322 e. The van der Waals surface area contributed by atoms with Gasteiger partial charge in [-0.15, -0.1) is 0 Å². The second kappa shape index (κ2) is 7.76. The standard InChI is InChI=1S/C19H24N2O/c1-14(2)15-8-10-17(11-9-15)21-19(22)18-7-5-4-6-16(18)12-13-20-3/h4-11,14,20H,12-13H2,1-3H3,(H,21,22). The first kappa shape index (κ1) is 16.2. The Morgan fingerprint density at radius 2 is 1.73 bits per heavy atom. The van der Waals surface area contributed by atoms with Crippen molar-refractivity contribution in [1.29, 1.82) is 0 Å². The molecule has 0 saturated heterocycles. The van der Waals surface area contributed by atoms with Gasteiger partial charge in [0.05, 0.1) is 0 Å². The van der Waals surface area contributed by atoms with Gasteiger partial charge >= 0.3 is 0 Å². The van der Waals surface area contributed by atoms with Gasteiger partial charge in [0.25, 0.3) is 5.91 Å². The summed E-state index contributed by atoms with van der Waals surface area (Å²) in [6, 6.07) is 15.8. The fraction of sp³-hybridized carbons (Fsp3) is 0.316. The molecule has 0 aliphatic carbocycles. The number of hydrogen-bond donors (Lipinski definition) is 2. The van der Waals surface area contributed by atoms with Crippen LogP contribution < -0.4 is 10.6 Å². The fourth-order valence-electron chi connectivity index (χ4n) is 2.37. The smallest absolute Gasteiger partial charge is 0.255 e. The SMILES string of the molecule is CNCCc1ccccc1C(=O)Nc1ccc(C(C)C)cc1. The molecule has 2 N–H and O–H groups in total. The molecule has 0 heterocycles. The summed E-state index contributed by atoms with van der Waals surface area (Å²) >= 11 is 0. The van der Waals surface area contributed by atoms with Crippen molar-refractivity contribution >= 4 is 11.6 Å². The lowest BCUT2D eigenvalue weighted by Gasteiger charge is -2.11. The summed E-state index contributed by atoms with van der Waals surface area (Å²) in [7, 11) is 1.92. The molecular weight excluding hydrogens is 272 g/mol. The zero-order valence-electron chi connectivity index (χ0n) is 13.5. The van der Waals surface area contributed by atoms with E-state index in [2.05, 4.69) is 36.6 Å². The lowest BCUT2D eigenvalue weighted by Crippen LogP contribution is -2.17. The predicted molar refractivity (Wildman–Crippen MR) is 92.6 cm³/mol. The van der Waals surface area contributed by atoms with Crippen LogP contribution in [0.25, 0.3) is 0 Å². The van der Waals surface area contributed by atoms with E-state index in [4.69, 9.17) is 0 Å². The third-order valence-corrected chi connectivity index (χ3v) is 3.74. The van der Waals surface area contributed by atoms with Crippen LogP contribution in [0.2, 0.25) is 0 Å². The fourth-order valence-corrected chi connectivity index (χ4v) is 2.37. The Morgan fingerprint density at radius 3 is 2.36 bits per heavy atom. The van der Waals surface area contributed by atoms with E-state index in [-0.39, 0.29) is 5.91 Å². The first-order valence-corrected chi connectivity index (χ1v) is 7.75. The molecule has 0 saturated carbocycles. The van der Waals surface area contributed by atoms with Gasteiger partial charge in [0.2, 0.25) is 0 Å². The predicted octanol–water partition coefficient (Wildman–Crippen LogP) is 3.82. The molecule has 0 aromatic heterocycles. The first-order valence-electron chi connectivity index (χ1n) is 7.75. The lowest BCUT2D eigenvalue weighted by atomic mass is 10.0. The van der Waals surface area contributed by atoms with Crippen LogP contribution in [0.15, 0.2) is 48.5 Å². The zero-order valence-corrected chi connectivity index (χ0v) is 13.5. The van der Waals surface area contributed by atoms with Crippen LogP contribution in [0, 0.1) is 0 Å².